The van der Waals surface area contributed by atoms with Crippen molar-refractivity contribution in [3.63, 3.8) is 0 Å². The number of halogens is 1. The summed E-state index contributed by atoms with van der Waals surface area (Å²) >= 11 is 5.94. The van der Waals surface area contributed by atoms with Gasteiger partial charge in [-0.25, -0.2) is 12.7 Å². The molecule has 2 aromatic carbocycles. The molecule has 1 saturated heterocycles. The first kappa shape index (κ1) is 21.3. The van der Waals surface area contributed by atoms with Gasteiger partial charge in [0.05, 0.1) is 17.5 Å². The summed E-state index contributed by atoms with van der Waals surface area (Å²) in [6.45, 7) is 0.383. The second-order valence-corrected chi connectivity index (χ2v) is 9.39. The number of hydrogen-bond acceptors (Lipinski definition) is 5. The van der Waals surface area contributed by atoms with E-state index in [2.05, 4.69) is 5.32 Å². The number of benzene rings is 2. The fourth-order valence-electron chi connectivity index (χ4n) is 3.19. The van der Waals surface area contributed by atoms with Crippen LogP contribution in [-0.2, 0) is 14.8 Å². The maximum atomic E-state index is 12.5. The van der Waals surface area contributed by atoms with Crippen LogP contribution in [-0.4, -0.2) is 51.5 Å². The first-order valence-electron chi connectivity index (χ1n) is 9.05. The largest absolute Gasteiger partial charge is 0.350 e. The summed E-state index contributed by atoms with van der Waals surface area (Å²) in [5.74, 6) is -0.933. The predicted molar refractivity (Wildman–Crippen MR) is 113 cm³/mol. The maximum absolute atomic E-state index is 12.5. The van der Waals surface area contributed by atoms with Crippen LogP contribution in [0.3, 0.4) is 0 Å². The van der Waals surface area contributed by atoms with Crippen molar-refractivity contribution in [2.45, 2.75) is 12.5 Å². The van der Waals surface area contributed by atoms with Crippen LogP contribution in [0, 0.1) is 0 Å². The summed E-state index contributed by atoms with van der Waals surface area (Å²) in [4.78, 5) is 26.4. The van der Waals surface area contributed by atoms with Crippen molar-refractivity contribution in [1.29, 1.82) is 0 Å². The zero-order valence-electron chi connectivity index (χ0n) is 16.1. The summed E-state index contributed by atoms with van der Waals surface area (Å²) in [5, 5.41) is 3.54. The van der Waals surface area contributed by atoms with Gasteiger partial charge in [-0.1, -0.05) is 23.7 Å². The molecular weight excluding hydrogens is 414 g/mol. The maximum Gasteiger partial charge on any atom is 0.251 e. The SMILES string of the molecule is CN(C)C(CNC(=O)c1ccc(N2C(=O)CCS2(=O)=O)cc1)c1ccc(Cl)cc1. The molecule has 29 heavy (non-hydrogen) atoms. The Hall–Kier alpha value is -2.42. The van der Waals surface area contributed by atoms with E-state index < -0.39 is 15.9 Å². The molecule has 0 radical (unpaired) electrons. The highest BCUT2D eigenvalue weighted by atomic mass is 35.5. The minimum atomic E-state index is -3.62. The molecule has 1 atom stereocenters. The van der Waals surface area contributed by atoms with Crippen LogP contribution in [0.4, 0.5) is 5.69 Å². The summed E-state index contributed by atoms with van der Waals surface area (Å²) in [6, 6.07) is 13.4. The van der Waals surface area contributed by atoms with Gasteiger partial charge in [0.1, 0.15) is 0 Å². The average molecular weight is 436 g/mol. The van der Waals surface area contributed by atoms with Crippen LogP contribution in [0.5, 0.6) is 0 Å². The van der Waals surface area contributed by atoms with Crippen LogP contribution in [0.2, 0.25) is 5.02 Å². The number of anilines is 1. The van der Waals surface area contributed by atoms with E-state index in [-0.39, 0.29) is 29.8 Å². The van der Waals surface area contributed by atoms with E-state index in [0.29, 0.717) is 17.1 Å². The van der Waals surface area contributed by atoms with Gasteiger partial charge in [-0.2, -0.15) is 0 Å². The minimum Gasteiger partial charge on any atom is -0.350 e. The zero-order chi connectivity index (χ0) is 21.2. The van der Waals surface area contributed by atoms with E-state index >= 15 is 0 Å². The molecular formula is C20H22ClN3O4S. The average Bonchev–Trinajstić information content (AvgIpc) is 2.95. The van der Waals surface area contributed by atoms with Gasteiger partial charge in [0.2, 0.25) is 15.9 Å². The van der Waals surface area contributed by atoms with Crippen molar-refractivity contribution >= 4 is 39.1 Å². The highest BCUT2D eigenvalue weighted by molar-refractivity contribution is 7.94. The Labute approximate surface area is 175 Å². The topological polar surface area (TPSA) is 86.8 Å². The zero-order valence-corrected chi connectivity index (χ0v) is 17.7. The normalized spacial score (nSPS) is 16.8. The standard InChI is InChI=1S/C20H22ClN3O4S/c1-23(2)18(14-3-7-16(21)8-4-14)13-22-20(26)15-5-9-17(10-6-15)24-19(25)11-12-29(24,27)28/h3-10,18H,11-13H2,1-2H3,(H,22,26). The monoisotopic (exact) mass is 435 g/mol. The molecule has 1 fully saturated rings. The number of carbonyl (C=O) groups excluding carboxylic acids is 2. The molecule has 9 heteroatoms. The third-order valence-corrected chi connectivity index (χ3v) is 6.72. The van der Waals surface area contributed by atoms with Crippen LogP contribution < -0.4 is 9.62 Å². The van der Waals surface area contributed by atoms with Gasteiger partial charge in [0, 0.05) is 23.6 Å². The van der Waals surface area contributed by atoms with Crippen molar-refractivity contribution < 1.29 is 18.0 Å². The van der Waals surface area contributed by atoms with Crippen molar-refractivity contribution in [3.05, 3.63) is 64.7 Å². The van der Waals surface area contributed by atoms with Crippen LogP contribution in [0.15, 0.2) is 48.5 Å². The Morgan fingerprint density at radius 3 is 2.28 bits per heavy atom. The fourth-order valence-corrected chi connectivity index (χ4v) is 4.78. The summed E-state index contributed by atoms with van der Waals surface area (Å²) in [6.07, 6.45) is -0.0266. The first-order valence-corrected chi connectivity index (χ1v) is 11.0. The van der Waals surface area contributed by atoms with Gasteiger partial charge >= 0.3 is 0 Å². The molecule has 0 saturated carbocycles. The Morgan fingerprint density at radius 1 is 1.14 bits per heavy atom. The summed E-state index contributed by atoms with van der Waals surface area (Å²) < 4.78 is 24.8. The molecule has 1 heterocycles. The molecule has 0 aliphatic carbocycles. The number of nitrogens with one attached hydrogen (secondary N) is 1. The Kier molecular flexibility index (Phi) is 6.26. The number of nitrogens with zero attached hydrogens (tertiary/aromatic N) is 2. The van der Waals surface area contributed by atoms with Gasteiger partial charge in [-0.3, -0.25) is 9.59 Å². The molecule has 1 unspecified atom stereocenters. The van der Waals surface area contributed by atoms with E-state index in [1.54, 1.807) is 0 Å². The van der Waals surface area contributed by atoms with Crippen molar-refractivity contribution in [2.24, 2.45) is 0 Å². The fraction of sp³-hybridized carbons (Fsp3) is 0.300. The lowest BCUT2D eigenvalue weighted by Crippen LogP contribution is -2.34. The molecule has 2 aromatic rings. The lowest BCUT2D eigenvalue weighted by atomic mass is 10.1. The lowest BCUT2D eigenvalue weighted by molar-refractivity contribution is -0.116. The van der Waals surface area contributed by atoms with E-state index in [0.717, 1.165) is 9.87 Å². The van der Waals surface area contributed by atoms with Gasteiger partial charge in [0.15, 0.2) is 0 Å². The molecule has 0 bridgehead atoms. The molecule has 1 aliphatic heterocycles. The Balaban J connectivity index is 1.69. The molecule has 1 N–H and O–H groups in total. The molecule has 7 nitrogen and oxygen atoms in total. The predicted octanol–water partition coefficient (Wildman–Crippen LogP) is 2.44. The number of rotatable bonds is 6. The quantitative estimate of drug-likeness (QED) is 0.753. The molecule has 0 aromatic heterocycles. The van der Waals surface area contributed by atoms with Gasteiger partial charge in [-0.05, 0) is 56.1 Å². The summed E-state index contributed by atoms with van der Waals surface area (Å²) in [5.41, 5.74) is 1.65. The number of hydrogen-bond donors (Lipinski definition) is 1. The molecule has 3 rings (SSSR count). The van der Waals surface area contributed by atoms with Gasteiger partial charge in [-0.15, -0.1) is 0 Å². The van der Waals surface area contributed by atoms with E-state index in [1.165, 1.54) is 24.3 Å². The minimum absolute atomic E-state index is 0.0266. The number of sulfonamides is 1. The number of amides is 2. The second kappa shape index (κ2) is 8.52. The van der Waals surface area contributed by atoms with Gasteiger partial charge < -0.3 is 10.2 Å². The van der Waals surface area contributed by atoms with Crippen LogP contribution in [0.1, 0.15) is 28.4 Å². The highest BCUT2D eigenvalue weighted by Gasteiger charge is 2.36. The lowest BCUT2D eigenvalue weighted by Gasteiger charge is -2.25. The van der Waals surface area contributed by atoms with Crippen LogP contribution >= 0.6 is 11.6 Å². The van der Waals surface area contributed by atoms with Gasteiger partial charge in [0.25, 0.3) is 5.91 Å². The number of carbonyl (C=O) groups is 2. The van der Waals surface area contributed by atoms with Crippen molar-refractivity contribution in [1.82, 2.24) is 10.2 Å². The van der Waals surface area contributed by atoms with E-state index in [1.807, 2.05) is 43.3 Å². The van der Waals surface area contributed by atoms with E-state index in [9.17, 15) is 18.0 Å². The van der Waals surface area contributed by atoms with Crippen molar-refractivity contribution in [3.8, 4) is 0 Å². The Bertz CT molecular complexity index is 1010. The Morgan fingerprint density at radius 2 is 1.76 bits per heavy atom. The molecule has 1 aliphatic rings. The molecule has 154 valence electrons. The summed E-state index contributed by atoms with van der Waals surface area (Å²) in [7, 11) is 0.230. The van der Waals surface area contributed by atoms with Crippen LogP contribution in [0.25, 0.3) is 0 Å². The van der Waals surface area contributed by atoms with E-state index in [4.69, 9.17) is 11.6 Å². The molecule has 0 spiro atoms. The molecule has 2 amide bonds. The van der Waals surface area contributed by atoms with Crippen molar-refractivity contribution in [2.75, 3.05) is 30.7 Å². The first-order chi connectivity index (χ1) is 13.7. The number of likely N-dealkylation sites (N-methyl/N-ethyl adjacent to an activating group) is 1. The smallest absolute Gasteiger partial charge is 0.251 e. The second-order valence-electron chi connectivity index (χ2n) is 7.01. The third-order valence-electron chi connectivity index (χ3n) is 4.78. The third kappa shape index (κ3) is 4.77. The highest BCUT2D eigenvalue weighted by Crippen LogP contribution is 2.25.